The van der Waals surface area contributed by atoms with E-state index in [4.69, 9.17) is 5.26 Å². The van der Waals surface area contributed by atoms with Gasteiger partial charge in [0.1, 0.15) is 6.42 Å². The Kier molecular flexibility index (Phi) is 8.92. The van der Waals surface area contributed by atoms with E-state index in [1.54, 1.807) is 19.9 Å². The fourth-order valence-corrected chi connectivity index (χ4v) is 0.369. The first-order valence-corrected chi connectivity index (χ1v) is 2.73. The van der Waals surface area contributed by atoms with Crippen molar-refractivity contribution in [2.45, 2.75) is 26.4 Å². The maximum atomic E-state index is 10.4. The van der Waals surface area contributed by atoms with Gasteiger partial charge in [0, 0.05) is 29.6 Å². The number of nitriles is 1. The number of hydrogen-bond acceptors (Lipinski definition) is 3. The van der Waals surface area contributed by atoms with Crippen molar-refractivity contribution >= 4 is 35.5 Å². The number of ether oxygens (including phenoxy) is 1. The molecular formula is C6H9NNaO2. The van der Waals surface area contributed by atoms with Gasteiger partial charge < -0.3 is 4.74 Å². The van der Waals surface area contributed by atoms with Gasteiger partial charge in [-0.3, -0.25) is 4.79 Å². The van der Waals surface area contributed by atoms with Crippen LogP contribution in [0, 0.1) is 11.3 Å². The third-order valence-corrected chi connectivity index (χ3v) is 0.591. The average Bonchev–Trinajstić information content (AvgIpc) is 1.63. The van der Waals surface area contributed by atoms with Gasteiger partial charge in [0.25, 0.3) is 0 Å². The van der Waals surface area contributed by atoms with Gasteiger partial charge in [-0.1, -0.05) is 0 Å². The Balaban J connectivity index is 0. The summed E-state index contributed by atoms with van der Waals surface area (Å²) in [4.78, 5) is 10.4. The SMILES string of the molecule is CC(C)OC(=O)CC#N.[Na]. The molecule has 0 aliphatic heterocycles. The van der Waals surface area contributed by atoms with Gasteiger partial charge in [-0.05, 0) is 13.8 Å². The quantitative estimate of drug-likeness (QED) is 0.424. The molecule has 0 fully saturated rings. The standard InChI is InChI=1S/C6H9NO2.Na/c1-5(2)9-6(8)3-4-7;/h5H,3H2,1-2H3;. The molecule has 3 nitrogen and oxygen atoms in total. The molecule has 0 saturated heterocycles. The van der Waals surface area contributed by atoms with Gasteiger partial charge in [-0.25, -0.2) is 0 Å². The van der Waals surface area contributed by atoms with Crippen molar-refractivity contribution in [1.82, 2.24) is 0 Å². The average molecular weight is 150 g/mol. The van der Waals surface area contributed by atoms with Gasteiger partial charge in [0.15, 0.2) is 0 Å². The molecule has 0 saturated carbocycles. The van der Waals surface area contributed by atoms with Crippen molar-refractivity contribution in [3.8, 4) is 6.07 Å². The summed E-state index contributed by atoms with van der Waals surface area (Å²) in [5.74, 6) is -0.451. The second-order valence-electron chi connectivity index (χ2n) is 1.87. The van der Waals surface area contributed by atoms with Crippen LogP contribution in [0.15, 0.2) is 0 Å². The van der Waals surface area contributed by atoms with Crippen molar-refractivity contribution in [2.75, 3.05) is 0 Å². The Morgan fingerprint density at radius 3 is 2.50 bits per heavy atom. The third-order valence-electron chi connectivity index (χ3n) is 0.591. The molecule has 0 N–H and O–H groups in total. The van der Waals surface area contributed by atoms with Crippen molar-refractivity contribution < 1.29 is 9.53 Å². The predicted octanol–water partition coefficient (Wildman–Crippen LogP) is 0.471. The molecule has 0 atom stereocenters. The van der Waals surface area contributed by atoms with E-state index in [-0.39, 0.29) is 42.1 Å². The monoisotopic (exact) mass is 150 g/mol. The largest absolute Gasteiger partial charge is 0.462 e. The topological polar surface area (TPSA) is 50.1 Å². The van der Waals surface area contributed by atoms with Crippen molar-refractivity contribution in [3.05, 3.63) is 0 Å². The summed E-state index contributed by atoms with van der Waals surface area (Å²) in [5, 5.41) is 8.00. The minimum atomic E-state index is -0.451. The number of esters is 1. The zero-order valence-corrected chi connectivity index (χ0v) is 8.55. The summed E-state index contributed by atoms with van der Waals surface area (Å²) < 4.78 is 4.63. The first kappa shape index (κ1) is 12.6. The van der Waals surface area contributed by atoms with Gasteiger partial charge in [-0.15, -0.1) is 0 Å². The molecule has 4 heteroatoms. The maximum absolute atomic E-state index is 10.4. The molecule has 10 heavy (non-hydrogen) atoms. The Morgan fingerprint density at radius 1 is 1.70 bits per heavy atom. The van der Waals surface area contributed by atoms with Crippen LogP contribution in [0.5, 0.6) is 0 Å². The second kappa shape index (κ2) is 7.07. The maximum Gasteiger partial charge on any atom is 0.320 e. The first-order valence-electron chi connectivity index (χ1n) is 2.73. The predicted molar refractivity (Wildman–Crippen MR) is 37.2 cm³/mol. The summed E-state index contributed by atoms with van der Waals surface area (Å²) >= 11 is 0. The fourth-order valence-electron chi connectivity index (χ4n) is 0.369. The molecule has 0 aliphatic carbocycles. The summed E-state index contributed by atoms with van der Waals surface area (Å²) in [6, 6.07) is 1.70. The molecular weight excluding hydrogens is 141 g/mol. The van der Waals surface area contributed by atoms with E-state index < -0.39 is 5.97 Å². The molecule has 0 unspecified atom stereocenters. The smallest absolute Gasteiger partial charge is 0.320 e. The molecule has 1 radical (unpaired) electrons. The van der Waals surface area contributed by atoms with Crippen LogP contribution in [0.25, 0.3) is 0 Å². The summed E-state index contributed by atoms with van der Waals surface area (Å²) in [5.41, 5.74) is 0. The molecule has 0 aromatic carbocycles. The molecule has 0 aromatic heterocycles. The van der Waals surface area contributed by atoms with Crippen molar-refractivity contribution in [1.29, 1.82) is 5.26 Å². The van der Waals surface area contributed by atoms with Crippen LogP contribution >= 0.6 is 0 Å². The molecule has 0 heterocycles. The van der Waals surface area contributed by atoms with Gasteiger partial charge >= 0.3 is 5.97 Å². The minimum Gasteiger partial charge on any atom is -0.462 e. The van der Waals surface area contributed by atoms with E-state index in [2.05, 4.69) is 4.74 Å². The van der Waals surface area contributed by atoms with E-state index >= 15 is 0 Å². The number of nitrogens with zero attached hydrogens (tertiary/aromatic N) is 1. The van der Waals surface area contributed by atoms with E-state index in [0.29, 0.717) is 0 Å². The molecule has 0 aliphatic rings. The molecule has 51 valence electrons. The van der Waals surface area contributed by atoms with Crippen LogP contribution in [-0.2, 0) is 9.53 Å². The Bertz CT molecular complexity index is 139. The molecule has 0 spiro atoms. The van der Waals surface area contributed by atoms with Crippen LogP contribution < -0.4 is 0 Å². The van der Waals surface area contributed by atoms with Gasteiger partial charge in [0.2, 0.25) is 0 Å². The minimum absolute atomic E-state index is 0. The molecule has 0 amide bonds. The number of rotatable bonds is 2. The van der Waals surface area contributed by atoms with Crippen LogP contribution in [0.1, 0.15) is 20.3 Å². The van der Waals surface area contributed by atoms with E-state index in [1.165, 1.54) is 0 Å². The normalized spacial score (nSPS) is 7.80. The zero-order valence-electron chi connectivity index (χ0n) is 6.55. The fraction of sp³-hybridized carbons (Fsp3) is 0.667. The van der Waals surface area contributed by atoms with Gasteiger partial charge in [0.05, 0.1) is 12.2 Å². The number of carbonyl (C=O) groups is 1. The summed E-state index contributed by atoms with van der Waals surface area (Å²) in [6.45, 7) is 3.49. The van der Waals surface area contributed by atoms with Crippen molar-refractivity contribution in [2.24, 2.45) is 0 Å². The molecule has 0 bridgehead atoms. The second-order valence-corrected chi connectivity index (χ2v) is 1.87. The van der Waals surface area contributed by atoms with E-state index in [9.17, 15) is 4.79 Å². The van der Waals surface area contributed by atoms with E-state index in [1.807, 2.05) is 0 Å². The zero-order chi connectivity index (χ0) is 7.28. The summed E-state index contributed by atoms with van der Waals surface area (Å²) in [7, 11) is 0. The van der Waals surface area contributed by atoms with Crippen LogP contribution in [0.3, 0.4) is 0 Å². The van der Waals surface area contributed by atoms with Crippen LogP contribution in [-0.4, -0.2) is 41.6 Å². The summed E-state index contributed by atoms with van der Waals surface area (Å²) in [6.07, 6.45) is -0.274. The number of carbonyl (C=O) groups excluding carboxylic acids is 1. The van der Waals surface area contributed by atoms with E-state index in [0.717, 1.165) is 0 Å². The number of hydrogen-bond donors (Lipinski definition) is 0. The first-order chi connectivity index (χ1) is 4.16. The Labute approximate surface area is 82.6 Å². The van der Waals surface area contributed by atoms with Crippen LogP contribution in [0.2, 0.25) is 0 Å². The van der Waals surface area contributed by atoms with Gasteiger partial charge in [-0.2, -0.15) is 5.26 Å². The Hall–Kier alpha value is -0.0400. The van der Waals surface area contributed by atoms with Crippen LogP contribution in [0.4, 0.5) is 0 Å². The Morgan fingerprint density at radius 2 is 2.20 bits per heavy atom. The van der Waals surface area contributed by atoms with Crippen molar-refractivity contribution in [3.63, 3.8) is 0 Å². The molecule has 0 aromatic rings. The molecule has 0 rings (SSSR count). The third kappa shape index (κ3) is 7.96.